The van der Waals surface area contributed by atoms with Crippen LogP contribution in [0.5, 0.6) is 17.2 Å². The molecule has 0 saturated heterocycles. The Labute approximate surface area is 163 Å². The molecular formula is C23H22O5. The molecule has 3 aromatic carbocycles. The zero-order chi connectivity index (χ0) is 19.8. The van der Waals surface area contributed by atoms with Crippen LogP contribution in [0.3, 0.4) is 0 Å². The van der Waals surface area contributed by atoms with Gasteiger partial charge in [0.2, 0.25) is 0 Å². The molecule has 0 saturated carbocycles. The standard InChI is InChI=1S/C23H22O5/c24-22-13-10-18(16-21(22)23(25)26)7-6-17-8-11-20(12-9-17)28-15-14-27-19-4-2-1-3-5-19/h1-5,8-13,16,24H,6-7,14-15H2,(H,25,26). The third-order valence-electron chi connectivity index (χ3n) is 4.28. The molecular weight excluding hydrogens is 356 g/mol. The van der Waals surface area contributed by atoms with E-state index in [1.165, 1.54) is 12.1 Å². The Morgan fingerprint density at radius 2 is 1.32 bits per heavy atom. The Hall–Kier alpha value is -3.47. The van der Waals surface area contributed by atoms with Crippen molar-refractivity contribution in [2.24, 2.45) is 0 Å². The predicted octanol–water partition coefficient (Wildman–Crippen LogP) is 4.33. The second kappa shape index (κ2) is 9.46. The minimum atomic E-state index is -1.13. The van der Waals surface area contributed by atoms with E-state index in [0.29, 0.717) is 19.6 Å². The lowest BCUT2D eigenvalue weighted by Gasteiger charge is -2.09. The number of carboxylic acids is 1. The molecule has 0 unspecified atom stereocenters. The third kappa shape index (κ3) is 5.51. The molecule has 5 nitrogen and oxygen atoms in total. The summed E-state index contributed by atoms with van der Waals surface area (Å²) in [6.45, 7) is 0.929. The van der Waals surface area contributed by atoms with Crippen LogP contribution in [0.25, 0.3) is 0 Å². The molecule has 0 bridgehead atoms. The summed E-state index contributed by atoms with van der Waals surface area (Å²) < 4.78 is 11.3. The monoisotopic (exact) mass is 378 g/mol. The van der Waals surface area contributed by atoms with Crippen molar-refractivity contribution < 1.29 is 24.5 Å². The number of ether oxygens (including phenoxy) is 2. The van der Waals surface area contributed by atoms with E-state index in [4.69, 9.17) is 14.6 Å². The van der Waals surface area contributed by atoms with Crippen molar-refractivity contribution in [3.63, 3.8) is 0 Å². The molecule has 0 fully saturated rings. The van der Waals surface area contributed by atoms with E-state index in [1.807, 2.05) is 54.6 Å². The van der Waals surface area contributed by atoms with E-state index in [-0.39, 0.29) is 11.3 Å². The van der Waals surface area contributed by atoms with Crippen molar-refractivity contribution in [3.8, 4) is 17.2 Å². The van der Waals surface area contributed by atoms with E-state index < -0.39 is 5.97 Å². The van der Waals surface area contributed by atoms with E-state index in [9.17, 15) is 9.90 Å². The van der Waals surface area contributed by atoms with Crippen molar-refractivity contribution >= 4 is 5.97 Å². The summed E-state index contributed by atoms with van der Waals surface area (Å²) >= 11 is 0. The van der Waals surface area contributed by atoms with Gasteiger partial charge in [-0.25, -0.2) is 4.79 Å². The number of carbonyl (C=O) groups is 1. The molecule has 2 N–H and O–H groups in total. The largest absolute Gasteiger partial charge is 0.507 e. The van der Waals surface area contributed by atoms with Gasteiger partial charge in [-0.3, -0.25) is 0 Å². The topological polar surface area (TPSA) is 76.0 Å². The first-order valence-corrected chi connectivity index (χ1v) is 9.06. The quantitative estimate of drug-likeness (QED) is 0.542. The first-order valence-electron chi connectivity index (χ1n) is 9.06. The molecule has 0 radical (unpaired) electrons. The number of aromatic carboxylic acids is 1. The Balaban J connectivity index is 1.45. The van der Waals surface area contributed by atoms with Crippen LogP contribution in [0.1, 0.15) is 21.5 Å². The minimum absolute atomic E-state index is 0.0704. The average Bonchev–Trinajstić information content (AvgIpc) is 2.72. The number of aryl methyl sites for hydroxylation is 2. The van der Waals surface area contributed by atoms with Crippen LogP contribution in [0.2, 0.25) is 0 Å². The highest BCUT2D eigenvalue weighted by Gasteiger charge is 2.10. The van der Waals surface area contributed by atoms with Crippen LogP contribution in [0.4, 0.5) is 0 Å². The normalized spacial score (nSPS) is 10.4. The molecule has 3 rings (SSSR count). The maximum absolute atomic E-state index is 11.1. The first-order chi connectivity index (χ1) is 13.6. The zero-order valence-electron chi connectivity index (χ0n) is 15.4. The molecule has 28 heavy (non-hydrogen) atoms. The summed E-state index contributed by atoms with van der Waals surface area (Å²) in [4.78, 5) is 11.1. The van der Waals surface area contributed by atoms with Crippen molar-refractivity contribution in [2.75, 3.05) is 13.2 Å². The van der Waals surface area contributed by atoms with Gasteiger partial charge in [-0.15, -0.1) is 0 Å². The Morgan fingerprint density at radius 3 is 1.96 bits per heavy atom. The summed E-state index contributed by atoms with van der Waals surface area (Å²) in [7, 11) is 0. The minimum Gasteiger partial charge on any atom is -0.507 e. The van der Waals surface area contributed by atoms with Gasteiger partial charge >= 0.3 is 5.97 Å². The number of hydrogen-bond acceptors (Lipinski definition) is 4. The molecule has 5 heteroatoms. The van der Waals surface area contributed by atoms with Gasteiger partial charge in [-0.1, -0.05) is 36.4 Å². The van der Waals surface area contributed by atoms with Gasteiger partial charge in [0.05, 0.1) is 0 Å². The summed E-state index contributed by atoms with van der Waals surface area (Å²) in [6, 6.07) is 22.1. The molecule has 0 spiro atoms. The fourth-order valence-electron chi connectivity index (χ4n) is 2.79. The smallest absolute Gasteiger partial charge is 0.339 e. The fourth-order valence-corrected chi connectivity index (χ4v) is 2.79. The van der Waals surface area contributed by atoms with Crippen LogP contribution in [0, 0.1) is 0 Å². The summed E-state index contributed by atoms with van der Waals surface area (Å²) in [6.07, 6.45) is 1.45. The molecule has 0 atom stereocenters. The van der Waals surface area contributed by atoms with Gasteiger partial charge in [-0.2, -0.15) is 0 Å². The number of benzene rings is 3. The van der Waals surface area contributed by atoms with Gasteiger partial charge in [0.25, 0.3) is 0 Å². The summed E-state index contributed by atoms with van der Waals surface area (Å²) in [5.74, 6) is 0.256. The molecule has 0 aliphatic rings. The third-order valence-corrected chi connectivity index (χ3v) is 4.28. The van der Waals surface area contributed by atoms with Crippen molar-refractivity contribution in [1.82, 2.24) is 0 Å². The fraction of sp³-hybridized carbons (Fsp3) is 0.174. The van der Waals surface area contributed by atoms with Crippen LogP contribution in [-0.4, -0.2) is 29.4 Å². The molecule has 3 aromatic rings. The van der Waals surface area contributed by atoms with E-state index >= 15 is 0 Å². The van der Waals surface area contributed by atoms with Crippen LogP contribution >= 0.6 is 0 Å². The van der Waals surface area contributed by atoms with Gasteiger partial charge in [0.15, 0.2) is 0 Å². The van der Waals surface area contributed by atoms with Gasteiger partial charge in [0, 0.05) is 0 Å². The second-order valence-corrected chi connectivity index (χ2v) is 6.31. The van der Waals surface area contributed by atoms with E-state index in [1.54, 1.807) is 6.07 Å². The van der Waals surface area contributed by atoms with Crippen LogP contribution in [-0.2, 0) is 12.8 Å². The highest BCUT2D eigenvalue weighted by Crippen LogP contribution is 2.20. The average molecular weight is 378 g/mol. The van der Waals surface area contributed by atoms with E-state index in [0.717, 1.165) is 29.0 Å². The second-order valence-electron chi connectivity index (χ2n) is 6.31. The highest BCUT2D eigenvalue weighted by atomic mass is 16.5. The van der Waals surface area contributed by atoms with Gasteiger partial charge in [0.1, 0.15) is 36.0 Å². The number of aromatic hydroxyl groups is 1. The number of phenols is 1. The molecule has 144 valence electrons. The Kier molecular flexibility index (Phi) is 6.52. The predicted molar refractivity (Wildman–Crippen MR) is 106 cm³/mol. The zero-order valence-corrected chi connectivity index (χ0v) is 15.4. The lowest BCUT2D eigenvalue weighted by Crippen LogP contribution is -2.08. The SMILES string of the molecule is O=C(O)c1cc(CCc2ccc(OCCOc3ccccc3)cc2)ccc1O. The maximum atomic E-state index is 11.1. The van der Waals surface area contributed by atoms with Crippen LogP contribution < -0.4 is 9.47 Å². The highest BCUT2D eigenvalue weighted by molar-refractivity contribution is 5.90. The van der Waals surface area contributed by atoms with Crippen molar-refractivity contribution in [2.45, 2.75) is 12.8 Å². The van der Waals surface area contributed by atoms with Gasteiger partial charge < -0.3 is 19.7 Å². The van der Waals surface area contributed by atoms with Crippen LogP contribution in [0.15, 0.2) is 72.8 Å². The Morgan fingerprint density at radius 1 is 0.750 bits per heavy atom. The van der Waals surface area contributed by atoms with Crippen molar-refractivity contribution in [1.29, 1.82) is 0 Å². The summed E-state index contributed by atoms with van der Waals surface area (Å²) in [5, 5.41) is 18.6. The first kappa shape index (κ1) is 19.3. The number of rotatable bonds is 9. The number of para-hydroxylation sites is 1. The molecule has 0 aliphatic heterocycles. The van der Waals surface area contributed by atoms with E-state index in [2.05, 4.69) is 0 Å². The number of carboxylic acid groups (broad SMARTS) is 1. The lowest BCUT2D eigenvalue weighted by molar-refractivity contribution is 0.0693. The molecule has 0 amide bonds. The summed E-state index contributed by atoms with van der Waals surface area (Å²) in [5.41, 5.74) is 1.92. The molecule has 0 aliphatic carbocycles. The van der Waals surface area contributed by atoms with Gasteiger partial charge in [-0.05, 0) is 60.4 Å². The molecule has 0 aromatic heterocycles. The lowest BCUT2D eigenvalue weighted by atomic mass is 10.0. The molecule has 0 heterocycles. The van der Waals surface area contributed by atoms with Crippen molar-refractivity contribution in [3.05, 3.63) is 89.5 Å². The Bertz CT molecular complexity index is 904. The maximum Gasteiger partial charge on any atom is 0.339 e. The number of hydrogen-bond donors (Lipinski definition) is 2.